The van der Waals surface area contributed by atoms with Crippen LogP contribution in [-0.2, 0) is 4.79 Å². The fraction of sp³-hybridized carbons (Fsp3) is 0.350. The Morgan fingerprint density at radius 2 is 1.54 bits per heavy atom. The average molecular weight is 327 g/mol. The maximum absolute atomic E-state index is 12.4. The van der Waals surface area contributed by atoms with Gasteiger partial charge in [-0.05, 0) is 68.7 Å². The highest BCUT2D eigenvalue weighted by Crippen LogP contribution is 2.19. The van der Waals surface area contributed by atoms with Crippen molar-refractivity contribution in [2.75, 3.05) is 7.11 Å². The van der Waals surface area contributed by atoms with Crippen molar-refractivity contribution in [3.63, 3.8) is 0 Å². The molecule has 0 unspecified atom stereocenters. The van der Waals surface area contributed by atoms with Crippen LogP contribution >= 0.6 is 0 Å². The van der Waals surface area contributed by atoms with Crippen LogP contribution in [0, 0.1) is 13.8 Å². The fourth-order valence-electron chi connectivity index (χ4n) is 2.57. The van der Waals surface area contributed by atoms with Crippen molar-refractivity contribution in [3.05, 3.63) is 59.2 Å². The molecule has 0 aliphatic carbocycles. The van der Waals surface area contributed by atoms with Crippen LogP contribution in [0.1, 0.15) is 36.6 Å². The number of aryl methyl sites for hydroxylation is 2. The Labute approximate surface area is 143 Å². The van der Waals surface area contributed by atoms with Gasteiger partial charge in [0.2, 0.25) is 0 Å². The molecule has 0 spiro atoms. The van der Waals surface area contributed by atoms with Crippen LogP contribution in [0.25, 0.3) is 0 Å². The van der Waals surface area contributed by atoms with Crippen molar-refractivity contribution in [2.45, 2.75) is 39.8 Å². The Bertz CT molecular complexity index is 674. The highest BCUT2D eigenvalue weighted by molar-refractivity contribution is 5.81. The van der Waals surface area contributed by atoms with Crippen LogP contribution in [0.4, 0.5) is 0 Å². The lowest BCUT2D eigenvalue weighted by atomic mass is 10.1. The summed E-state index contributed by atoms with van der Waals surface area (Å²) in [7, 11) is 1.63. The molecule has 2 aromatic rings. The Kier molecular flexibility index (Phi) is 5.85. The smallest absolute Gasteiger partial charge is 0.261 e. The second-order valence-electron chi connectivity index (χ2n) is 6.09. The van der Waals surface area contributed by atoms with E-state index in [1.54, 1.807) is 14.0 Å². The summed E-state index contributed by atoms with van der Waals surface area (Å²) in [6.45, 7) is 7.73. The summed E-state index contributed by atoms with van der Waals surface area (Å²) in [4.78, 5) is 12.4. The monoisotopic (exact) mass is 327 g/mol. The summed E-state index contributed by atoms with van der Waals surface area (Å²) in [5.74, 6) is 1.37. The van der Waals surface area contributed by atoms with Crippen molar-refractivity contribution in [1.29, 1.82) is 0 Å². The molecule has 2 aromatic carbocycles. The number of carbonyl (C=O) groups is 1. The van der Waals surface area contributed by atoms with Crippen LogP contribution in [0.2, 0.25) is 0 Å². The lowest BCUT2D eigenvalue weighted by Crippen LogP contribution is -2.37. The summed E-state index contributed by atoms with van der Waals surface area (Å²) < 4.78 is 10.9. The van der Waals surface area contributed by atoms with E-state index in [1.807, 2.05) is 57.2 Å². The maximum atomic E-state index is 12.4. The number of hydrogen-bond acceptors (Lipinski definition) is 3. The van der Waals surface area contributed by atoms with E-state index in [2.05, 4.69) is 11.4 Å². The van der Waals surface area contributed by atoms with Gasteiger partial charge in [-0.15, -0.1) is 0 Å². The summed E-state index contributed by atoms with van der Waals surface area (Å²) in [6, 6.07) is 13.5. The first-order valence-electron chi connectivity index (χ1n) is 8.08. The lowest BCUT2D eigenvalue weighted by molar-refractivity contribution is -0.127. The van der Waals surface area contributed by atoms with E-state index in [9.17, 15) is 4.79 Å². The third-order valence-electron chi connectivity index (χ3n) is 3.85. The van der Waals surface area contributed by atoms with E-state index >= 15 is 0 Å². The largest absolute Gasteiger partial charge is 0.497 e. The standard InChI is InChI=1S/C20H25NO3/c1-13-10-14(2)12-19(11-13)24-16(4)20(22)21-15(3)17-6-8-18(23-5)9-7-17/h6-12,15-16H,1-5H3,(H,21,22)/t15-,16-/m0/s1. The molecule has 1 amide bonds. The molecule has 0 fully saturated rings. The SMILES string of the molecule is COc1ccc([C@H](C)NC(=O)[C@H](C)Oc2cc(C)cc(C)c2)cc1. The molecule has 4 nitrogen and oxygen atoms in total. The highest BCUT2D eigenvalue weighted by atomic mass is 16.5. The van der Waals surface area contributed by atoms with Gasteiger partial charge in [0.1, 0.15) is 11.5 Å². The Balaban J connectivity index is 1.97. The van der Waals surface area contributed by atoms with Gasteiger partial charge in [-0.1, -0.05) is 18.2 Å². The number of nitrogens with one attached hydrogen (secondary N) is 1. The molecule has 0 heterocycles. The summed E-state index contributed by atoms with van der Waals surface area (Å²) in [5.41, 5.74) is 3.25. The van der Waals surface area contributed by atoms with Crippen LogP contribution in [0.5, 0.6) is 11.5 Å². The van der Waals surface area contributed by atoms with Crippen molar-refractivity contribution >= 4 is 5.91 Å². The number of hydrogen-bond donors (Lipinski definition) is 1. The number of benzene rings is 2. The summed E-state index contributed by atoms with van der Waals surface area (Å²) in [5, 5.41) is 2.98. The molecular weight excluding hydrogens is 302 g/mol. The molecular formula is C20H25NO3. The van der Waals surface area contributed by atoms with Crippen molar-refractivity contribution in [2.24, 2.45) is 0 Å². The van der Waals surface area contributed by atoms with E-state index in [-0.39, 0.29) is 11.9 Å². The van der Waals surface area contributed by atoms with E-state index in [0.29, 0.717) is 5.75 Å². The lowest BCUT2D eigenvalue weighted by Gasteiger charge is -2.19. The number of amides is 1. The predicted octanol–water partition coefficient (Wildman–Crippen LogP) is 3.96. The van der Waals surface area contributed by atoms with E-state index < -0.39 is 6.10 Å². The van der Waals surface area contributed by atoms with Gasteiger partial charge in [-0.25, -0.2) is 0 Å². The van der Waals surface area contributed by atoms with Crippen molar-refractivity contribution in [1.82, 2.24) is 5.32 Å². The molecule has 2 atom stereocenters. The van der Waals surface area contributed by atoms with Crippen molar-refractivity contribution < 1.29 is 14.3 Å². The molecule has 0 saturated heterocycles. The Morgan fingerprint density at radius 1 is 0.958 bits per heavy atom. The number of carbonyl (C=O) groups excluding carboxylic acids is 1. The molecule has 24 heavy (non-hydrogen) atoms. The molecule has 0 bridgehead atoms. The van der Waals surface area contributed by atoms with Gasteiger partial charge in [-0.3, -0.25) is 4.79 Å². The predicted molar refractivity (Wildman–Crippen MR) is 95.6 cm³/mol. The molecule has 0 saturated carbocycles. The zero-order valence-corrected chi connectivity index (χ0v) is 14.9. The molecule has 0 aliphatic rings. The third kappa shape index (κ3) is 4.75. The minimum atomic E-state index is -0.563. The van der Waals surface area contributed by atoms with Gasteiger partial charge in [0.05, 0.1) is 13.2 Å². The molecule has 1 N–H and O–H groups in total. The Hall–Kier alpha value is -2.49. The van der Waals surface area contributed by atoms with Crippen LogP contribution < -0.4 is 14.8 Å². The van der Waals surface area contributed by atoms with Gasteiger partial charge in [0.25, 0.3) is 5.91 Å². The van der Waals surface area contributed by atoms with Crippen LogP contribution in [0.15, 0.2) is 42.5 Å². The maximum Gasteiger partial charge on any atom is 0.261 e. The quantitative estimate of drug-likeness (QED) is 0.874. The van der Waals surface area contributed by atoms with Gasteiger partial charge in [-0.2, -0.15) is 0 Å². The van der Waals surface area contributed by atoms with E-state index in [4.69, 9.17) is 9.47 Å². The normalized spacial score (nSPS) is 13.0. The third-order valence-corrected chi connectivity index (χ3v) is 3.85. The molecule has 0 aromatic heterocycles. The van der Waals surface area contributed by atoms with Crippen LogP contribution in [-0.4, -0.2) is 19.1 Å². The molecule has 4 heteroatoms. The zero-order chi connectivity index (χ0) is 17.7. The first-order valence-corrected chi connectivity index (χ1v) is 8.08. The molecule has 2 rings (SSSR count). The van der Waals surface area contributed by atoms with Gasteiger partial charge >= 0.3 is 0 Å². The number of rotatable bonds is 6. The first-order chi connectivity index (χ1) is 11.4. The second kappa shape index (κ2) is 7.86. The fourth-order valence-corrected chi connectivity index (χ4v) is 2.57. The average Bonchev–Trinajstić information content (AvgIpc) is 2.53. The molecule has 0 aliphatic heterocycles. The minimum Gasteiger partial charge on any atom is -0.497 e. The van der Waals surface area contributed by atoms with Crippen molar-refractivity contribution in [3.8, 4) is 11.5 Å². The molecule has 0 radical (unpaired) electrons. The van der Waals surface area contributed by atoms with Gasteiger partial charge in [0, 0.05) is 0 Å². The second-order valence-corrected chi connectivity index (χ2v) is 6.09. The number of ether oxygens (including phenoxy) is 2. The first kappa shape index (κ1) is 17.9. The van der Waals surface area contributed by atoms with Gasteiger partial charge < -0.3 is 14.8 Å². The topological polar surface area (TPSA) is 47.6 Å². The zero-order valence-electron chi connectivity index (χ0n) is 14.9. The summed E-state index contributed by atoms with van der Waals surface area (Å²) >= 11 is 0. The minimum absolute atomic E-state index is 0.103. The van der Waals surface area contributed by atoms with Gasteiger partial charge in [0.15, 0.2) is 6.10 Å². The highest BCUT2D eigenvalue weighted by Gasteiger charge is 2.18. The summed E-state index contributed by atoms with van der Waals surface area (Å²) in [6.07, 6.45) is -0.563. The van der Waals surface area contributed by atoms with E-state index in [1.165, 1.54) is 0 Å². The van der Waals surface area contributed by atoms with E-state index in [0.717, 1.165) is 22.4 Å². The molecule has 128 valence electrons. The Morgan fingerprint density at radius 3 is 2.08 bits per heavy atom. The number of methoxy groups -OCH3 is 1. The van der Waals surface area contributed by atoms with Crippen LogP contribution in [0.3, 0.4) is 0 Å².